The minimum absolute atomic E-state index is 0.0768. The molecule has 2 aromatic carbocycles. The highest BCUT2D eigenvalue weighted by atomic mass is 16.4. The molecule has 0 bridgehead atoms. The van der Waals surface area contributed by atoms with Crippen molar-refractivity contribution >= 4 is 34.3 Å². The summed E-state index contributed by atoms with van der Waals surface area (Å²) in [7, 11) is 0. The molecule has 122 valence electrons. The zero-order valence-corrected chi connectivity index (χ0v) is 13.1. The van der Waals surface area contributed by atoms with Crippen LogP contribution in [0.2, 0.25) is 0 Å². The van der Waals surface area contributed by atoms with Crippen molar-refractivity contribution in [3.8, 4) is 0 Å². The predicted octanol–water partition coefficient (Wildman–Crippen LogP) is 2.80. The first-order valence-corrected chi connectivity index (χ1v) is 7.54. The van der Waals surface area contributed by atoms with Crippen LogP contribution in [-0.2, 0) is 0 Å². The van der Waals surface area contributed by atoms with Crippen molar-refractivity contribution in [1.29, 1.82) is 0 Å². The Morgan fingerprint density at radius 1 is 0.920 bits per heavy atom. The van der Waals surface area contributed by atoms with Crippen molar-refractivity contribution in [3.05, 3.63) is 75.6 Å². The quantitative estimate of drug-likeness (QED) is 0.409. The Kier molecular flexibility index (Phi) is 3.15. The fourth-order valence-electron chi connectivity index (χ4n) is 2.92. The molecule has 0 unspecified atom stereocenters. The van der Waals surface area contributed by atoms with Gasteiger partial charge >= 0.3 is 5.63 Å². The summed E-state index contributed by atoms with van der Waals surface area (Å²) in [5.74, 6) is -1.24. The van der Waals surface area contributed by atoms with E-state index < -0.39 is 23.2 Å². The largest absolute Gasteiger partial charge is 0.422 e. The molecule has 2 heterocycles. The van der Waals surface area contributed by atoms with Crippen molar-refractivity contribution in [1.82, 2.24) is 0 Å². The molecule has 0 spiro atoms. The van der Waals surface area contributed by atoms with E-state index in [9.17, 15) is 19.2 Å². The Morgan fingerprint density at radius 3 is 2.16 bits per heavy atom. The fourth-order valence-corrected chi connectivity index (χ4v) is 2.92. The molecule has 1 aromatic heterocycles. The van der Waals surface area contributed by atoms with Crippen LogP contribution in [0.15, 0.2) is 57.7 Å². The maximum atomic E-state index is 12.6. The highest BCUT2D eigenvalue weighted by molar-refractivity contribution is 6.34. The van der Waals surface area contributed by atoms with Gasteiger partial charge in [-0.05, 0) is 43.3 Å². The van der Waals surface area contributed by atoms with Gasteiger partial charge in [0, 0.05) is 5.39 Å². The number of Topliss-reactive ketones (excluding diaryl/α,β-unsaturated/α-hetero) is 1. The second-order valence-corrected chi connectivity index (χ2v) is 5.72. The average molecular weight is 333 g/mol. The van der Waals surface area contributed by atoms with Gasteiger partial charge in [0.25, 0.3) is 11.8 Å². The van der Waals surface area contributed by atoms with Crippen molar-refractivity contribution < 1.29 is 18.8 Å². The van der Waals surface area contributed by atoms with E-state index in [1.165, 1.54) is 25.1 Å². The van der Waals surface area contributed by atoms with Crippen LogP contribution in [0.4, 0.5) is 5.69 Å². The van der Waals surface area contributed by atoms with E-state index in [0.29, 0.717) is 22.2 Å². The Balaban J connectivity index is 1.87. The first-order chi connectivity index (χ1) is 12.0. The lowest BCUT2D eigenvalue weighted by atomic mass is 10.1. The third-order valence-corrected chi connectivity index (χ3v) is 4.15. The van der Waals surface area contributed by atoms with Gasteiger partial charge < -0.3 is 4.42 Å². The molecule has 0 radical (unpaired) electrons. The van der Waals surface area contributed by atoms with E-state index in [-0.39, 0.29) is 11.1 Å². The number of rotatable bonds is 2. The van der Waals surface area contributed by atoms with Crippen molar-refractivity contribution in [3.63, 3.8) is 0 Å². The first-order valence-electron chi connectivity index (χ1n) is 7.54. The van der Waals surface area contributed by atoms with Crippen LogP contribution in [0.1, 0.15) is 38.0 Å². The van der Waals surface area contributed by atoms with Crippen LogP contribution in [0.3, 0.4) is 0 Å². The zero-order chi connectivity index (χ0) is 17.7. The molecule has 1 aliphatic rings. The molecule has 0 N–H and O–H groups in total. The molecular formula is C19H11NO5. The number of ketones is 1. The van der Waals surface area contributed by atoms with E-state index in [1.54, 1.807) is 30.3 Å². The molecule has 1 aliphatic heterocycles. The summed E-state index contributed by atoms with van der Waals surface area (Å²) in [5, 5.41) is 0.457. The third kappa shape index (κ3) is 2.19. The number of fused-ring (bicyclic) bond motifs is 2. The summed E-state index contributed by atoms with van der Waals surface area (Å²) in [6, 6.07) is 12.6. The summed E-state index contributed by atoms with van der Waals surface area (Å²) in [4.78, 5) is 49.5. The molecule has 0 saturated carbocycles. The van der Waals surface area contributed by atoms with E-state index in [4.69, 9.17) is 4.42 Å². The molecule has 0 fully saturated rings. The second kappa shape index (κ2) is 5.24. The lowest BCUT2D eigenvalue weighted by Gasteiger charge is -2.14. The molecular weight excluding hydrogens is 322 g/mol. The molecule has 4 rings (SSSR count). The number of imide groups is 1. The summed E-state index contributed by atoms with van der Waals surface area (Å²) in [5.41, 5.74) is 0.520. The minimum atomic E-state index is -0.714. The van der Waals surface area contributed by atoms with Crippen LogP contribution in [0.25, 0.3) is 11.0 Å². The van der Waals surface area contributed by atoms with Gasteiger partial charge in [0.15, 0.2) is 5.78 Å². The number of nitrogens with zero attached hydrogens (tertiary/aromatic N) is 1. The maximum absolute atomic E-state index is 12.6. The summed E-state index contributed by atoms with van der Waals surface area (Å²) in [6.07, 6.45) is 0. The molecule has 2 amide bonds. The molecule has 3 aromatic rings. The van der Waals surface area contributed by atoms with Gasteiger partial charge in [-0.3, -0.25) is 14.4 Å². The van der Waals surface area contributed by atoms with Gasteiger partial charge in [0.05, 0.1) is 16.8 Å². The summed E-state index contributed by atoms with van der Waals surface area (Å²) < 4.78 is 5.12. The van der Waals surface area contributed by atoms with E-state index in [0.717, 1.165) is 4.90 Å². The molecule has 25 heavy (non-hydrogen) atoms. The standard InChI is InChI=1S/C19H11NO5/c1-10(21)15-9-11-8-12(6-7-16(11)25-19(15)24)20-17(22)13-4-2-3-5-14(13)18(20)23/h2-9H,1H3. The Labute approximate surface area is 141 Å². The van der Waals surface area contributed by atoms with Gasteiger partial charge in [-0.1, -0.05) is 12.1 Å². The topological polar surface area (TPSA) is 84.7 Å². The van der Waals surface area contributed by atoms with Crippen LogP contribution >= 0.6 is 0 Å². The number of hydrogen-bond donors (Lipinski definition) is 0. The SMILES string of the molecule is CC(=O)c1cc2cc(N3C(=O)c4ccccc4C3=O)ccc2oc1=O. The second-order valence-electron chi connectivity index (χ2n) is 5.72. The minimum Gasteiger partial charge on any atom is -0.422 e. The number of carbonyl (C=O) groups is 3. The van der Waals surface area contributed by atoms with Crippen LogP contribution in [-0.4, -0.2) is 17.6 Å². The first kappa shape index (κ1) is 15.0. The molecule has 0 saturated heterocycles. The normalized spacial score (nSPS) is 13.4. The maximum Gasteiger partial charge on any atom is 0.347 e. The Bertz CT molecular complexity index is 1110. The number of amides is 2. The smallest absolute Gasteiger partial charge is 0.347 e. The number of hydrogen-bond acceptors (Lipinski definition) is 5. The Hall–Kier alpha value is -3.54. The molecule has 6 nitrogen and oxygen atoms in total. The molecule has 6 heteroatoms. The third-order valence-electron chi connectivity index (χ3n) is 4.15. The lowest BCUT2D eigenvalue weighted by Crippen LogP contribution is -2.29. The van der Waals surface area contributed by atoms with Crippen molar-refractivity contribution in [2.75, 3.05) is 4.90 Å². The van der Waals surface area contributed by atoms with Gasteiger partial charge in [-0.15, -0.1) is 0 Å². The molecule has 0 atom stereocenters. The number of carbonyl (C=O) groups excluding carboxylic acids is 3. The summed E-state index contributed by atoms with van der Waals surface area (Å²) in [6.45, 7) is 1.27. The highest BCUT2D eigenvalue weighted by Crippen LogP contribution is 2.30. The monoisotopic (exact) mass is 333 g/mol. The van der Waals surface area contributed by atoms with Crippen molar-refractivity contribution in [2.24, 2.45) is 0 Å². The van der Waals surface area contributed by atoms with E-state index in [1.807, 2.05) is 0 Å². The van der Waals surface area contributed by atoms with Crippen LogP contribution in [0, 0.1) is 0 Å². The molecule has 0 aliphatic carbocycles. The highest BCUT2D eigenvalue weighted by Gasteiger charge is 2.36. The van der Waals surface area contributed by atoms with Gasteiger partial charge in [-0.25, -0.2) is 9.69 Å². The van der Waals surface area contributed by atoms with Crippen LogP contribution < -0.4 is 10.5 Å². The Morgan fingerprint density at radius 2 is 1.56 bits per heavy atom. The predicted molar refractivity (Wildman–Crippen MR) is 90.1 cm³/mol. The van der Waals surface area contributed by atoms with E-state index >= 15 is 0 Å². The lowest BCUT2D eigenvalue weighted by molar-refractivity contribution is 0.0924. The number of anilines is 1. The van der Waals surface area contributed by atoms with E-state index in [2.05, 4.69) is 0 Å². The average Bonchev–Trinajstić information content (AvgIpc) is 2.85. The fraction of sp³-hybridized carbons (Fsp3) is 0.0526. The van der Waals surface area contributed by atoms with Crippen molar-refractivity contribution in [2.45, 2.75) is 6.92 Å². The van der Waals surface area contributed by atoms with Gasteiger partial charge in [0.2, 0.25) is 0 Å². The summed E-state index contributed by atoms with van der Waals surface area (Å²) >= 11 is 0. The zero-order valence-electron chi connectivity index (χ0n) is 13.1. The van der Waals surface area contributed by atoms with Gasteiger partial charge in [-0.2, -0.15) is 0 Å². The number of benzene rings is 2. The van der Waals surface area contributed by atoms with Crippen LogP contribution in [0.5, 0.6) is 0 Å². The van der Waals surface area contributed by atoms with Gasteiger partial charge in [0.1, 0.15) is 11.1 Å².